The maximum absolute atomic E-state index is 8.15. The molecule has 0 aromatic heterocycles. The maximum atomic E-state index is 8.15. The topological polar surface area (TPSA) is 33.0 Å². The lowest BCUT2D eigenvalue weighted by Gasteiger charge is -1.88. The van der Waals surface area contributed by atoms with E-state index in [9.17, 15) is 0 Å². The summed E-state index contributed by atoms with van der Waals surface area (Å²) in [7, 11) is 0. The molecule has 0 N–H and O–H groups in total. The Balaban J connectivity index is 2.31. The zero-order valence-corrected chi connectivity index (χ0v) is 3.98. The second kappa shape index (κ2) is 1.94. The summed E-state index contributed by atoms with van der Waals surface area (Å²) in [6, 6.07) is 1.96. The molecule has 0 spiro atoms. The smallest absolute Gasteiger partial charge is 0.196 e. The number of hydrogen-bond acceptors (Lipinski definition) is 2. The zero-order valence-electron chi connectivity index (χ0n) is 3.98. The first-order valence-corrected chi connectivity index (χ1v) is 2.32. The maximum Gasteiger partial charge on any atom is 0.196 e. The highest BCUT2D eigenvalue weighted by Crippen LogP contribution is 2.16. The lowest BCUT2D eigenvalue weighted by atomic mass is 10.3. The molecule has 1 heterocycles. The van der Waals surface area contributed by atoms with Crippen LogP contribution in [0.2, 0.25) is 0 Å². The molecule has 1 aliphatic rings. The molecule has 0 saturated carbocycles. The summed E-state index contributed by atoms with van der Waals surface area (Å²) in [5.41, 5.74) is 0. The van der Waals surface area contributed by atoms with Crippen LogP contribution >= 0.6 is 0 Å². The number of nitrogens with zero attached hydrogens (tertiary/aromatic N) is 1. The predicted octanol–water partition coefficient (Wildman–Crippen LogP) is 0.852. The molecule has 7 heavy (non-hydrogen) atoms. The van der Waals surface area contributed by atoms with Gasteiger partial charge in [-0.1, -0.05) is 0 Å². The summed E-state index contributed by atoms with van der Waals surface area (Å²) < 4.78 is 4.86. The predicted molar refractivity (Wildman–Crippen MR) is 24.0 cm³/mol. The second-order valence-corrected chi connectivity index (χ2v) is 1.49. The molecular weight excluding hydrogens is 90.1 g/mol. The Morgan fingerprint density at radius 2 is 2.57 bits per heavy atom. The minimum atomic E-state index is 0.597. The normalized spacial score (nSPS) is 22.1. The molecule has 1 fully saturated rings. The van der Waals surface area contributed by atoms with E-state index in [0.29, 0.717) is 6.10 Å². The van der Waals surface area contributed by atoms with E-state index >= 15 is 0 Å². The van der Waals surface area contributed by atoms with Crippen LogP contribution in [0.4, 0.5) is 0 Å². The second-order valence-electron chi connectivity index (χ2n) is 1.49. The fraction of sp³-hybridized carbons (Fsp3) is 0.600. The third-order valence-electron chi connectivity index (χ3n) is 0.949. The van der Waals surface area contributed by atoms with Crippen LogP contribution in [0.1, 0.15) is 12.8 Å². The quantitative estimate of drug-likeness (QED) is 0.448. The van der Waals surface area contributed by atoms with Gasteiger partial charge in [-0.3, -0.25) is 0 Å². The van der Waals surface area contributed by atoms with Gasteiger partial charge in [-0.15, -0.1) is 0 Å². The molecule has 0 unspecified atom stereocenters. The summed E-state index contributed by atoms with van der Waals surface area (Å²) in [6.45, 7) is 0.739. The van der Waals surface area contributed by atoms with E-state index in [-0.39, 0.29) is 0 Å². The first-order chi connectivity index (χ1) is 3.43. The van der Waals surface area contributed by atoms with Gasteiger partial charge in [0.25, 0.3) is 0 Å². The van der Waals surface area contributed by atoms with Gasteiger partial charge in [-0.05, 0) is 12.8 Å². The SMILES string of the molecule is N#C[C]1CCCO1. The van der Waals surface area contributed by atoms with E-state index in [1.54, 1.807) is 0 Å². The van der Waals surface area contributed by atoms with E-state index in [0.717, 1.165) is 19.4 Å². The fourth-order valence-corrected chi connectivity index (χ4v) is 0.588. The highest BCUT2D eigenvalue weighted by Gasteiger charge is 2.14. The van der Waals surface area contributed by atoms with Crippen molar-refractivity contribution in [3.63, 3.8) is 0 Å². The molecular formula is C5H6NO. The molecule has 0 amide bonds. The Morgan fingerprint density at radius 1 is 1.71 bits per heavy atom. The average Bonchev–Trinajstić information content (AvgIpc) is 2.14. The number of rotatable bonds is 0. The summed E-state index contributed by atoms with van der Waals surface area (Å²) >= 11 is 0. The zero-order chi connectivity index (χ0) is 5.11. The summed E-state index contributed by atoms with van der Waals surface area (Å²) in [5.74, 6) is 0. The van der Waals surface area contributed by atoms with Crippen LogP contribution in [-0.4, -0.2) is 6.61 Å². The molecule has 0 atom stereocenters. The van der Waals surface area contributed by atoms with Gasteiger partial charge in [0.05, 0.1) is 0 Å². The highest BCUT2D eigenvalue weighted by molar-refractivity contribution is 5.04. The molecule has 0 bridgehead atoms. The average molecular weight is 96.1 g/mol. The first kappa shape index (κ1) is 4.61. The van der Waals surface area contributed by atoms with Gasteiger partial charge < -0.3 is 4.74 Å². The van der Waals surface area contributed by atoms with Crippen molar-refractivity contribution in [2.75, 3.05) is 6.61 Å². The third-order valence-corrected chi connectivity index (χ3v) is 0.949. The van der Waals surface area contributed by atoms with Crippen LogP contribution in [0, 0.1) is 17.4 Å². The molecule has 1 saturated heterocycles. The minimum Gasteiger partial charge on any atom is -0.356 e. The van der Waals surface area contributed by atoms with E-state index in [4.69, 9.17) is 10.00 Å². The van der Waals surface area contributed by atoms with Crippen molar-refractivity contribution >= 4 is 0 Å². The largest absolute Gasteiger partial charge is 0.356 e. The van der Waals surface area contributed by atoms with Crippen LogP contribution in [0.3, 0.4) is 0 Å². The minimum absolute atomic E-state index is 0.597. The summed E-state index contributed by atoms with van der Waals surface area (Å²) in [5, 5.41) is 8.15. The van der Waals surface area contributed by atoms with Gasteiger partial charge in [-0.2, -0.15) is 5.26 Å². The van der Waals surface area contributed by atoms with Gasteiger partial charge in [-0.25, -0.2) is 0 Å². The van der Waals surface area contributed by atoms with Crippen molar-refractivity contribution in [2.45, 2.75) is 12.8 Å². The summed E-state index contributed by atoms with van der Waals surface area (Å²) in [6.07, 6.45) is 2.46. The van der Waals surface area contributed by atoms with E-state index < -0.39 is 0 Å². The van der Waals surface area contributed by atoms with Crippen LogP contribution in [0.15, 0.2) is 0 Å². The Morgan fingerprint density at radius 3 is 2.86 bits per heavy atom. The van der Waals surface area contributed by atoms with E-state index in [1.807, 2.05) is 6.07 Å². The molecule has 0 aromatic rings. The van der Waals surface area contributed by atoms with Crippen LogP contribution in [-0.2, 0) is 4.74 Å². The van der Waals surface area contributed by atoms with Crippen molar-refractivity contribution in [3.05, 3.63) is 6.10 Å². The monoisotopic (exact) mass is 96.0 g/mol. The molecule has 1 rings (SSSR count). The molecule has 0 aromatic carbocycles. The van der Waals surface area contributed by atoms with Gasteiger partial charge in [0.15, 0.2) is 6.10 Å². The standard InChI is InChI=1S/C5H6NO/c6-4-5-2-1-3-7-5/h1-3H2. The Bertz CT molecular complexity index is 88.7. The molecule has 2 heteroatoms. The van der Waals surface area contributed by atoms with Crippen LogP contribution < -0.4 is 0 Å². The van der Waals surface area contributed by atoms with E-state index in [2.05, 4.69) is 0 Å². The lowest BCUT2D eigenvalue weighted by molar-refractivity contribution is 0.223. The Labute approximate surface area is 42.7 Å². The van der Waals surface area contributed by atoms with Crippen molar-refractivity contribution in [1.29, 1.82) is 5.26 Å². The third kappa shape index (κ3) is 0.908. The van der Waals surface area contributed by atoms with Gasteiger partial charge >= 0.3 is 0 Å². The molecule has 2 nitrogen and oxygen atoms in total. The number of hydrogen-bond donors (Lipinski definition) is 0. The van der Waals surface area contributed by atoms with Gasteiger partial charge in [0.1, 0.15) is 6.07 Å². The Kier molecular flexibility index (Phi) is 1.28. The van der Waals surface area contributed by atoms with Gasteiger partial charge in [0.2, 0.25) is 0 Å². The van der Waals surface area contributed by atoms with Crippen LogP contribution in [0.25, 0.3) is 0 Å². The van der Waals surface area contributed by atoms with Crippen molar-refractivity contribution in [3.8, 4) is 6.07 Å². The fourth-order valence-electron chi connectivity index (χ4n) is 0.588. The van der Waals surface area contributed by atoms with Gasteiger partial charge in [0, 0.05) is 6.61 Å². The molecule has 1 radical (unpaired) electrons. The number of ether oxygens (including phenoxy) is 1. The van der Waals surface area contributed by atoms with E-state index in [1.165, 1.54) is 0 Å². The highest BCUT2D eigenvalue weighted by atomic mass is 16.5. The summed E-state index contributed by atoms with van der Waals surface area (Å²) in [4.78, 5) is 0. The van der Waals surface area contributed by atoms with Crippen molar-refractivity contribution < 1.29 is 4.74 Å². The number of nitriles is 1. The molecule has 0 aliphatic carbocycles. The molecule has 37 valence electrons. The first-order valence-electron chi connectivity index (χ1n) is 2.32. The van der Waals surface area contributed by atoms with Crippen molar-refractivity contribution in [2.24, 2.45) is 0 Å². The van der Waals surface area contributed by atoms with Crippen molar-refractivity contribution in [1.82, 2.24) is 0 Å². The Hall–Kier alpha value is -0.550. The van der Waals surface area contributed by atoms with Crippen LogP contribution in [0.5, 0.6) is 0 Å². The molecule has 1 aliphatic heterocycles. The lowest BCUT2D eigenvalue weighted by Crippen LogP contribution is -1.86.